The molecule has 1 unspecified atom stereocenters. The van der Waals surface area contributed by atoms with Crippen LogP contribution in [-0.2, 0) is 6.42 Å². The van der Waals surface area contributed by atoms with Gasteiger partial charge < -0.3 is 15.9 Å². The van der Waals surface area contributed by atoms with Crippen LogP contribution in [0.5, 0.6) is 0 Å². The third-order valence-electron chi connectivity index (χ3n) is 4.68. The normalized spacial score (nSPS) is 15.5. The Morgan fingerprint density at radius 1 is 1.08 bits per heavy atom. The van der Waals surface area contributed by atoms with E-state index in [1.165, 1.54) is 0 Å². The van der Waals surface area contributed by atoms with Crippen molar-refractivity contribution in [1.29, 1.82) is 0 Å². The summed E-state index contributed by atoms with van der Waals surface area (Å²) in [6.45, 7) is 0. The van der Waals surface area contributed by atoms with Gasteiger partial charge in [-0.05, 0) is 23.8 Å². The van der Waals surface area contributed by atoms with Crippen molar-refractivity contribution < 1.29 is 14.8 Å². The molecule has 1 aromatic heterocycles. The third-order valence-corrected chi connectivity index (χ3v) is 4.68. The molecule has 0 aliphatic carbocycles. The Morgan fingerprint density at radius 3 is 2.35 bits per heavy atom. The minimum atomic E-state index is -0.883. The number of para-hydroxylation sites is 1. The molecular formula is C19H16N4O3. The SMILES string of the molecule is NC(=NO)C(Cc1c[nH]c2ccccc12)N1C(=O)c2ccccc2C1=O. The number of oxime groups is 1. The topological polar surface area (TPSA) is 112 Å². The number of imide groups is 1. The summed E-state index contributed by atoms with van der Waals surface area (Å²) in [5.74, 6) is -1.08. The number of rotatable bonds is 4. The molecule has 2 heterocycles. The van der Waals surface area contributed by atoms with Gasteiger partial charge in [0.2, 0.25) is 0 Å². The average molecular weight is 348 g/mol. The number of hydrogen-bond acceptors (Lipinski definition) is 4. The van der Waals surface area contributed by atoms with Crippen LogP contribution < -0.4 is 5.73 Å². The first kappa shape index (κ1) is 15.9. The van der Waals surface area contributed by atoms with E-state index in [2.05, 4.69) is 10.1 Å². The highest BCUT2D eigenvalue weighted by Gasteiger charge is 2.41. The molecular weight excluding hydrogens is 332 g/mol. The van der Waals surface area contributed by atoms with Gasteiger partial charge in [0.25, 0.3) is 11.8 Å². The minimum absolute atomic E-state index is 0.190. The molecule has 0 saturated heterocycles. The number of carbonyl (C=O) groups is 2. The summed E-state index contributed by atoms with van der Waals surface area (Å²) < 4.78 is 0. The number of nitrogens with one attached hydrogen (secondary N) is 1. The minimum Gasteiger partial charge on any atom is -0.409 e. The number of benzene rings is 2. The maximum atomic E-state index is 12.8. The Hall–Kier alpha value is -3.61. The number of aromatic amines is 1. The lowest BCUT2D eigenvalue weighted by molar-refractivity contribution is 0.0623. The molecule has 130 valence electrons. The Balaban J connectivity index is 1.75. The number of fused-ring (bicyclic) bond motifs is 2. The van der Waals surface area contributed by atoms with Crippen molar-refractivity contribution in [2.24, 2.45) is 10.9 Å². The zero-order chi connectivity index (χ0) is 18.3. The number of amides is 2. The standard InChI is InChI=1S/C19H16N4O3/c20-17(22-26)16(9-11-10-21-15-8-4-3-5-12(11)15)23-18(24)13-6-1-2-7-14(13)19(23)25/h1-8,10,16,21,26H,9H2,(H2,20,22). The van der Waals surface area contributed by atoms with E-state index in [1.807, 2.05) is 24.3 Å². The van der Waals surface area contributed by atoms with Gasteiger partial charge in [-0.15, -0.1) is 0 Å². The summed E-state index contributed by atoms with van der Waals surface area (Å²) in [5.41, 5.74) is 8.32. The van der Waals surface area contributed by atoms with Gasteiger partial charge in [-0.3, -0.25) is 14.5 Å². The van der Waals surface area contributed by atoms with Crippen LogP contribution in [0.4, 0.5) is 0 Å². The molecule has 7 nitrogen and oxygen atoms in total. The molecule has 4 N–H and O–H groups in total. The smallest absolute Gasteiger partial charge is 0.262 e. The Kier molecular flexibility index (Phi) is 3.69. The average Bonchev–Trinajstić information content (AvgIpc) is 3.19. The molecule has 0 bridgehead atoms. The number of aromatic nitrogens is 1. The molecule has 0 saturated carbocycles. The summed E-state index contributed by atoms with van der Waals surface area (Å²) in [6.07, 6.45) is 2.05. The molecule has 0 radical (unpaired) electrons. The second-order valence-electron chi connectivity index (χ2n) is 6.13. The second kappa shape index (κ2) is 6.03. The fourth-order valence-electron chi connectivity index (χ4n) is 3.39. The van der Waals surface area contributed by atoms with Crippen LogP contribution in [0.2, 0.25) is 0 Å². The lowest BCUT2D eigenvalue weighted by Crippen LogP contribution is -2.49. The van der Waals surface area contributed by atoms with Crippen LogP contribution >= 0.6 is 0 Å². The maximum absolute atomic E-state index is 12.8. The zero-order valence-electron chi connectivity index (χ0n) is 13.7. The van der Waals surface area contributed by atoms with Gasteiger partial charge in [0.05, 0.1) is 11.1 Å². The van der Waals surface area contributed by atoms with E-state index in [9.17, 15) is 14.8 Å². The van der Waals surface area contributed by atoms with E-state index in [1.54, 1.807) is 30.5 Å². The predicted octanol–water partition coefficient (Wildman–Crippen LogP) is 2.12. The number of nitrogens with zero attached hydrogens (tertiary/aromatic N) is 2. The van der Waals surface area contributed by atoms with Gasteiger partial charge in [-0.1, -0.05) is 35.5 Å². The van der Waals surface area contributed by atoms with Crippen LogP contribution in [0.25, 0.3) is 10.9 Å². The molecule has 1 aliphatic rings. The van der Waals surface area contributed by atoms with E-state index >= 15 is 0 Å². The van der Waals surface area contributed by atoms with Crippen LogP contribution in [0.15, 0.2) is 59.9 Å². The summed E-state index contributed by atoms with van der Waals surface area (Å²) >= 11 is 0. The summed E-state index contributed by atoms with van der Waals surface area (Å²) in [5, 5.41) is 13.2. The first-order valence-electron chi connectivity index (χ1n) is 8.11. The Morgan fingerprint density at radius 2 is 1.69 bits per heavy atom. The number of carbonyl (C=O) groups excluding carboxylic acids is 2. The Bertz CT molecular complexity index is 1020. The largest absolute Gasteiger partial charge is 0.409 e. The van der Waals surface area contributed by atoms with Gasteiger partial charge >= 0.3 is 0 Å². The van der Waals surface area contributed by atoms with Gasteiger partial charge in [0.15, 0.2) is 5.84 Å². The van der Waals surface area contributed by atoms with E-state index in [0.29, 0.717) is 11.1 Å². The van der Waals surface area contributed by atoms with Crippen LogP contribution in [0.1, 0.15) is 26.3 Å². The molecule has 26 heavy (non-hydrogen) atoms. The van der Waals surface area contributed by atoms with Crippen molar-refractivity contribution in [1.82, 2.24) is 9.88 Å². The molecule has 2 aromatic carbocycles. The van der Waals surface area contributed by atoms with Crippen molar-refractivity contribution in [3.8, 4) is 0 Å². The monoisotopic (exact) mass is 348 g/mol. The fraction of sp³-hybridized carbons (Fsp3) is 0.105. The first-order chi connectivity index (χ1) is 12.6. The highest BCUT2D eigenvalue weighted by Crippen LogP contribution is 2.27. The van der Waals surface area contributed by atoms with Gasteiger partial charge in [0, 0.05) is 23.5 Å². The highest BCUT2D eigenvalue weighted by atomic mass is 16.4. The highest BCUT2D eigenvalue weighted by molar-refractivity contribution is 6.23. The first-order valence-corrected chi connectivity index (χ1v) is 8.11. The van der Waals surface area contributed by atoms with Crippen molar-refractivity contribution in [2.75, 3.05) is 0 Å². The second-order valence-corrected chi connectivity index (χ2v) is 6.13. The number of hydrogen-bond donors (Lipinski definition) is 3. The summed E-state index contributed by atoms with van der Waals surface area (Å²) in [6, 6.07) is 13.4. The molecule has 1 atom stereocenters. The van der Waals surface area contributed by atoms with Crippen LogP contribution in [0.3, 0.4) is 0 Å². The van der Waals surface area contributed by atoms with Crippen molar-refractivity contribution >= 4 is 28.6 Å². The predicted molar refractivity (Wildman–Crippen MR) is 96.1 cm³/mol. The quantitative estimate of drug-likeness (QED) is 0.220. The van der Waals surface area contributed by atoms with Crippen LogP contribution in [0, 0.1) is 0 Å². The van der Waals surface area contributed by atoms with Crippen molar-refractivity contribution in [3.05, 3.63) is 71.4 Å². The lowest BCUT2D eigenvalue weighted by Gasteiger charge is -2.25. The van der Waals surface area contributed by atoms with Crippen molar-refractivity contribution in [2.45, 2.75) is 12.5 Å². The Labute approximate surface area is 148 Å². The zero-order valence-corrected chi connectivity index (χ0v) is 13.7. The molecule has 2 amide bonds. The van der Waals surface area contributed by atoms with E-state index in [-0.39, 0.29) is 12.3 Å². The number of nitrogens with two attached hydrogens (primary N) is 1. The van der Waals surface area contributed by atoms with Gasteiger partial charge in [0.1, 0.15) is 6.04 Å². The fourth-order valence-corrected chi connectivity index (χ4v) is 3.39. The summed E-state index contributed by atoms with van der Waals surface area (Å²) in [7, 11) is 0. The third kappa shape index (κ3) is 2.33. The van der Waals surface area contributed by atoms with E-state index in [0.717, 1.165) is 21.4 Å². The number of H-pyrrole nitrogens is 1. The van der Waals surface area contributed by atoms with Crippen LogP contribution in [-0.4, -0.2) is 38.8 Å². The molecule has 0 fully saturated rings. The van der Waals surface area contributed by atoms with Crippen molar-refractivity contribution in [3.63, 3.8) is 0 Å². The van der Waals surface area contributed by atoms with Gasteiger partial charge in [-0.2, -0.15) is 0 Å². The van der Waals surface area contributed by atoms with E-state index in [4.69, 9.17) is 5.73 Å². The maximum Gasteiger partial charge on any atom is 0.262 e. The lowest BCUT2D eigenvalue weighted by atomic mass is 10.0. The number of amidine groups is 1. The molecule has 1 aliphatic heterocycles. The molecule has 3 aromatic rings. The molecule has 0 spiro atoms. The van der Waals surface area contributed by atoms with Gasteiger partial charge in [-0.25, -0.2) is 0 Å². The van der Waals surface area contributed by atoms with E-state index < -0.39 is 17.9 Å². The summed E-state index contributed by atoms with van der Waals surface area (Å²) in [4.78, 5) is 29.8. The molecule has 4 rings (SSSR count). The molecule has 7 heteroatoms.